The fraction of sp³-hybridized carbons (Fsp3) is 0.0690. The van der Waals surface area contributed by atoms with Crippen molar-refractivity contribution >= 4 is 74.5 Å². The van der Waals surface area contributed by atoms with Crippen LogP contribution < -0.4 is 10.0 Å². The number of thioether (sulfide) groups is 1. The van der Waals surface area contributed by atoms with Gasteiger partial charge in [0.05, 0.1) is 16.4 Å². The van der Waals surface area contributed by atoms with Crippen molar-refractivity contribution in [1.29, 1.82) is 0 Å². The fourth-order valence-electron chi connectivity index (χ4n) is 4.63. The Kier molecular flexibility index (Phi) is 6.44. The summed E-state index contributed by atoms with van der Waals surface area (Å²) in [6, 6.07) is 30.5. The lowest BCUT2D eigenvalue weighted by Crippen LogP contribution is -2.54. The number of ketones is 1. The number of Topliss-reactive ketones (excluding diaryl/α,β-unsaturated/α-hetero) is 1. The minimum atomic E-state index is -1.07. The topological polar surface area (TPSA) is 48.3 Å². The zero-order valence-corrected chi connectivity index (χ0v) is 23.1. The molecule has 5 nitrogen and oxygen atoms in total. The number of rotatable bonds is 4. The Morgan fingerprint density at radius 3 is 2.18 bits per heavy atom. The molecule has 4 aromatic rings. The van der Waals surface area contributed by atoms with Gasteiger partial charge in [0.15, 0.2) is 10.8 Å². The predicted octanol–water partition coefficient (Wildman–Crippen LogP) is 8.19. The van der Waals surface area contributed by atoms with Crippen LogP contribution in [0.1, 0.15) is 23.6 Å². The van der Waals surface area contributed by atoms with E-state index in [0.717, 1.165) is 22.5 Å². The van der Waals surface area contributed by atoms with E-state index in [1.54, 1.807) is 18.2 Å². The minimum Gasteiger partial charge on any atom is -0.292 e. The Morgan fingerprint density at radius 1 is 0.737 bits per heavy atom. The smallest absolute Gasteiger partial charge is 0.234 e. The molecule has 4 aromatic carbocycles. The quantitative estimate of drug-likeness (QED) is 0.245. The van der Waals surface area contributed by atoms with E-state index in [0.29, 0.717) is 31.4 Å². The first-order chi connectivity index (χ1) is 18.4. The maximum Gasteiger partial charge on any atom is 0.234 e. The van der Waals surface area contributed by atoms with Gasteiger partial charge in [-0.05, 0) is 60.3 Å². The van der Waals surface area contributed by atoms with Crippen molar-refractivity contribution in [2.45, 2.75) is 11.9 Å². The zero-order chi connectivity index (χ0) is 26.4. The summed E-state index contributed by atoms with van der Waals surface area (Å²) in [6.45, 7) is 1.52. The molecule has 2 aliphatic rings. The number of hydrogen-bond donors (Lipinski definition) is 0. The summed E-state index contributed by atoms with van der Waals surface area (Å²) in [7, 11) is 0. The second-order valence-electron chi connectivity index (χ2n) is 8.73. The maximum absolute atomic E-state index is 12.7. The number of fused-ring (bicyclic) bond motifs is 2. The third kappa shape index (κ3) is 4.09. The Morgan fingerprint density at radius 2 is 1.42 bits per heavy atom. The van der Waals surface area contributed by atoms with E-state index in [2.05, 4.69) is 0 Å². The summed E-state index contributed by atoms with van der Waals surface area (Å²) >= 11 is 20.9. The van der Waals surface area contributed by atoms with Gasteiger partial charge in [-0.25, -0.2) is 10.0 Å². The van der Waals surface area contributed by atoms with Gasteiger partial charge in [-0.2, -0.15) is 10.2 Å². The second-order valence-corrected chi connectivity index (χ2v) is 11.2. The lowest BCUT2D eigenvalue weighted by molar-refractivity contribution is -0.110. The molecule has 188 valence electrons. The van der Waals surface area contributed by atoms with E-state index in [1.807, 2.05) is 88.9 Å². The average molecular weight is 578 g/mol. The van der Waals surface area contributed by atoms with E-state index >= 15 is 0 Å². The van der Waals surface area contributed by atoms with Crippen molar-refractivity contribution in [2.24, 2.45) is 10.2 Å². The molecule has 0 N–H and O–H groups in total. The molecule has 2 heterocycles. The molecule has 1 spiro atoms. The zero-order valence-electron chi connectivity index (χ0n) is 20.0. The van der Waals surface area contributed by atoms with Crippen LogP contribution in [0.5, 0.6) is 0 Å². The number of halogens is 3. The first-order valence-electron chi connectivity index (χ1n) is 11.7. The second kappa shape index (κ2) is 9.79. The van der Waals surface area contributed by atoms with Crippen molar-refractivity contribution in [3.8, 4) is 0 Å². The molecule has 0 fully saturated rings. The number of benzene rings is 4. The van der Waals surface area contributed by atoms with Crippen LogP contribution in [0.3, 0.4) is 0 Å². The summed E-state index contributed by atoms with van der Waals surface area (Å²) in [5.41, 5.74) is 4.62. The molecular formula is C29H19Cl3N4OS. The van der Waals surface area contributed by atoms with Crippen molar-refractivity contribution < 1.29 is 4.79 Å². The lowest BCUT2D eigenvalue weighted by atomic mass is 9.93. The molecule has 6 rings (SSSR count). The summed E-state index contributed by atoms with van der Waals surface area (Å²) in [4.78, 5) is 11.7. The molecule has 0 bridgehead atoms. The molecule has 9 heteroatoms. The van der Waals surface area contributed by atoms with E-state index in [-0.39, 0.29) is 5.78 Å². The molecule has 38 heavy (non-hydrogen) atoms. The van der Waals surface area contributed by atoms with Gasteiger partial charge in [-0.15, -0.1) is 0 Å². The van der Waals surface area contributed by atoms with Crippen LogP contribution in [0.2, 0.25) is 15.1 Å². The Bertz CT molecular complexity index is 1640. The van der Waals surface area contributed by atoms with E-state index in [1.165, 1.54) is 18.7 Å². The number of hydrogen-bond acceptors (Lipinski definition) is 6. The van der Waals surface area contributed by atoms with Gasteiger partial charge < -0.3 is 0 Å². The highest BCUT2D eigenvalue weighted by Crippen LogP contribution is 2.55. The summed E-state index contributed by atoms with van der Waals surface area (Å²) < 4.78 is 0. The molecule has 0 unspecified atom stereocenters. The maximum atomic E-state index is 12.7. The minimum absolute atomic E-state index is 0.142. The molecule has 1 atom stereocenters. The molecule has 0 aromatic heterocycles. The summed E-state index contributed by atoms with van der Waals surface area (Å²) in [6.07, 6.45) is 0. The molecular weight excluding hydrogens is 559 g/mol. The van der Waals surface area contributed by atoms with Gasteiger partial charge in [0, 0.05) is 33.7 Å². The monoisotopic (exact) mass is 576 g/mol. The largest absolute Gasteiger partial charge is 0.292 e. The number of anilines is 2. The molecule has 0 saturated carbocycles. The van der Waals surface area contributed by atoms with Gasteiger partial charge in [-0.3, -0.25) is 4.79 Å². The van der Waals surface area contributed by atoms with Gasteiger partial charge in [0.1, 0.15) is 5.71 Å². The van der Waals surface area contributed by atoms with Gasteiger partial charge >= 0.3 is 0 Å². The van der Waals surface area contributed by atoms with Crippen molar-refractivity contribution in [2.75, 3.05) is 10.0 Å². The number of carbonyl (C=O) groups excluding carboxylic acids is 1. The van der Waals surface area contributed by atoms with Gasteiger partial charge in [0.2, 0.25) is 4.99 Å². The summed E-state index contributed by atoms with van der Waals surface area (Å²) in [5.74, 6) is -0.142. The van der Waals surface area contributed by atoms with Crippen molar-refractivity contribution in [1.82, 2.24) is 0 Å². The summed E-state index contributed by atoms with van der Waals surface area (Å²) in [5, 5.41) is 15.8. The van der Waals surface area contributed by atoms with Crippen molar-refractivity contribution in [3.63, 3.8) is 0 Å². The highest BCUT2D eigenvalue weighted by Gasteiger charge is 2.56. The van der Waals surface area contributed by atoms with Crippen LogP contribution in [-0.4, -0.2) is 16.5 Å². The van der Waals surface area contributed by atoms with Crippen LogP contribution in [0, 0.1) is 0 Å². The number of hydrazone groups is 2. The number of carbonyl (C=O) groups is 1. The molecule has 2 aliphatic heterocycles. The van der Waals surface area contributed by atoms with Gasteiger partial charge in [0.25, 0.3) is 0 Å². The highest BCUT2D eigenvalue weighted by molar-refractivity contribution is 8.17. The highest BCUT2D eigenvalue weighted by atomic mass is 35.5. The Balaban J connectivity index is 1.69. The van der Waals surface area contributed by atoms with Crippen LogP contribution in [0.25, 0.3) is 0 Å². The predicted molar refractivity (Wildman–Crippen MR) is 159 cm³/mol. The first kappa shape index (κ1) is 25.0. The third-order valence-electron chi connectivity index (χ3n) is 6.28. The molecule has 0 aliphatic carbocycles. The SMILES string of the molecule is CC(=O)C1=NN(c2cccc(Cl)c2)[C@]2(S1)c1ccccc1C(c1cc(Cl)ccc1Cl)=NN2c1ccccc1. The van der Waals surface area contributed by atoms with E-state index < -0.39 is 4.99 Å². The van der Waals surface area contributed by atoms with Crippen molar-refractivity contribution in [3.05, 3.63) is 129 Å². The standard InChI is InChI=1S/C29H19Cl3N4OS/c1-18(37)28-34-36(22-11-7-8-19(30)16-22)29(38-28)25-13-6-5-12-23(25)27(24-17-20(31)14-15-26(24)32)33-35(29)21-9-3-2-4-10-21/h2-17H,1H3/t29-/m0/s1. The third-order valence-corrected chi connectivity index (χ3v) is 8.49. The lowest BCUT2D eigenvalue weighted by Gasteiger charge is -2.47. The number of nitrogens with zero attached hydrogens (tertiary/aromatic N) is 4. The van der Waals surface area contributed by atoms with E-state index in [4.69, 9.17) is 45.0 Å². The Labute approximate surface area is 239 Å². The Hall–Kier alpha value is -3.29. The number of para-hydroxylation sites is 1. The first-order valence-corrected chi connectivity index (χ1v) is 13.7. The normalized spacial score (nSPS) is 18.3. The van der Waals surface area contributed by atoms with E-state index in [9.17, 15) is 4.79 Å². The van der Waals surface area contributed by atoms with Gasteiger partial charge in [-0.1, -0.05) is 83.3 Å². The van der Waals surface area contributed by atoms with Crippen LogP contribution >= 0.6 is 46.6 Å². The molecule has 0 saturated heterocycles. The molecule has 0 radical (unpaired) electrons. The average Bonchev–Trinajstić information content (AvgIpc) is 3.33. The molecule has 0 amide bonds. The van der Waals surface area contributed by atoms with Crippen LogP contribution in [0.15, 0.2) is 107 Å². The van der Waals surface area contributed by atoms with Crippen LogP contribution in [0.4, 0.5) is 11.4 Å². The van der Waals surface area contributed by atoms with Crippen LogP contribution in [-0.2, 0) is 9.79 Å². The fourth-order valence-corrected chi connectivity index (χ4v) is 6.48.